The third kappa shape index (κ3) is 3.01. The predicted octanol–water partition coefficient (Wildman–Crippen LogP) is 3.17. The van der Waals surface area contributed by atoms with Crippen LogP contribution in [0.5, 0.6) is 0 Å². The highest BCUT2D eigenvalue weighted by Gasteiger charge is 2.31. The van der Waals surface area contributed by atoms with Crippen LogP contribution in [0.2, 0.25) is 0 Å². The molecule has 1 heterocycles. The summed E-state index contributed by atoms with van der Waals surface area (Å²) in [7, 11) is 0. The molecule has 104 valence electrons. The van der Waals surface area contributed by atoms with E-state index in [0.29, 0.717) is 12.0 Å². The number of likely N-dealkylation sites (tertiary alicyclic amines) is 1. The van der Waals surface area contributed by atoms with E-state index in [-0.39, 0.29) is 6.10 Å². The summed E-state index contributed by atoms with van der Waals surface area (Å²) < 4.78 is 7.29. The van der Waals surface area contributed by atoms with Gasteiger partial charge in [0.15, 0.2) is 0 Å². The van der Waals surface area contributed by atoms with E-state index >= 15 is 0 Å². The normalized spacial score (nSPS) is 31.1. The van der Waals surface area contributed by atoms with Crippen molar-refractivity contribution in [2.45, 2.75) is 56.6 Å². The van der Waals surface area contributed by atoms with Crippen LogP contribution in [-0.4, -0.2) is 36.7 Å². The van der Waals surface area contributed by atoms with Gasteiger partial charge in [-0.1, -0.05) is 43.2 Å². The number of piperidine rings is 1. The Kier molecular flexibility index (Phi) is 3.80. The Hall–Kier alpha value is -0.860. The lowest BCUT2D eigenvalue weighted by molar-refractivity contribution is 0.00871. The summed E-state index contributed by atoms with van der Waals surface area (Å²) in [5.74, 6) is 0.714. The van der Waals surface area contributed by atoms with Gasteiger partial charge in [-0.25, -0.2) is 0 Å². The lowest BCUT2D eigenvalue weighted by Crippen LogP contribution is -2.48. The molecule has 3 rings (SSSR count). The zero-order valence-corrected chi connectivity index (χ0v) is 11.6. The Balaban J connectivity index is 1.58. The standard InChI is InChI=1S/C17H25NO/c19-17-9-5-4-8-16(17)18-12-10-15(11-13-18)14-6-2-1-3-7-14/h1-3,6-7,15-17,19H,4-5,8-13H2/i19T. The molecule has 0 bridgehead atoms. The van der Waals surface area contributed by atoms with Crippen molar-refractivity contribution in [1.29, 1.82) is 1.43 Å². The molecular formula is C17H25NO. The fourth-order valence-electron chi connectivity index (χ4n) is 3.78. The lowest BCUT2D eigenvalue weighted by atomic mass is 9.86. The Morgan fingerprint density at radius 2 is 1.74 bits per heavy atom. The van der Waals surface area contributed by atoms with Gasteiger partial charge in [-0.2, -0.15) is 0 Å². The second-order valence-electron chi connectivity index (χ2n) is 6.11. The van der Waals surface area contributed by atoms with E-state index in [4.69, 9.17) is 6.54 Å². The lowest BCUT2D eigenvalue weighted by Gasteiger charge is -2.41. The van der Waals surface area contributed by atoms with Crippen molar-refractivity contribution < 1.29 is 5.11 Å². The van der Waals surface area contributed by atoms with Crippen LogP contribution in [-0.2, 0) is 0 Å². The molecule has 1 N–H and O–H groups in total. The number of nitrogens with zero attached hydrogens (tertiary/aromatic N) is 1. The van der Waals surface area contributed by atoms with Crippen LogP contribution in [0.15, 0.2) is 30.3 Å². The minimum absolute atomic E-state index is 0.136. The molecule has 2 unspecified atom stereocenters. The zero-order chi connectivity index (χ0) is 13.8. The minimum Gasteiger partial charge on any atom is -0.391 e. The smallest absolute Gasteiger partial charge is 0.211 e. The predicted molar refractivity (Wildman–Crippen MR) is 78.3 cm³/mol. The number of benzene rings is 1. The van der Waals surface area contributed by atoms with Gasteiger partial charge >= 0.3 is 0 Å². The molecule has 1 saturated heterocycles. The van der Waals surface area contributed by atoms with Gasteiger partial charge in [-0.3, -0.25) is 4.90 Å². The summed E-state index contributed by atoms with van der Waals surface area (Å²) in [5.41, 5.74) is 1.49. The van der Waals surface area contributed by atoms with Crippen LogP contribution in [0.4, 0.5) is 0 Å². The molecule has 1 aromatic rings. The van der Waals surface area contributed by atoms with E-state index in [0.717, 1.165) is 19.5 Å². The van der Waals surface area contributed by atoms with E-state index in [1.165, 1.54) is 37.7 Å². The first-order valence-corrected chi connectivity index (χ1v) is 7.79. The van der Waals surface area contributed by atoms with Crippen molar-refractivity contribution in [3.8, 4) is 0 Å². The van der Waals surface area contributed by atoms with E-state index in [9.17, 15) is 0 Å². The maximum Gasteiger partial charge on any atom is 0.211 e. The maximum atomic E-state index is 7.29. The fraction of sp³-hybridized carbons (Fsp3) is 0.647. The Morgan fingerprint density at radius 3 is 2.47 bits per heavy atom. The molecule has 1 aliphatic heterocycles. The summed E-state index contributed by atoms with van der Waals surface area (Å²) in [4.78, 5) is 2.58. The highest BCUT2D eigenvalue weighted by molar-refractivity contribution is 5.20. The van der Waals surface area contributed by atoms with Gasteiger partial charge in [0, 0.05) is 6.04 Å². The van der Waals surface area contributed by atoms with E-state index in [1.54, 1.807) is 0 Å². The Bertz CT molecular complexity index is 403. The molecule has 2 aliphatic rings. The van der Waals surface area contributed by atoms with Gasteiger partial charge in [0.25, 0.3) is 0 Å². The first-order valence-electron chi connectivity index (χ1n) is 8.20. The van der Waals surface area contributed by atoms with Crippen molar-refractivity contribution >= 4 is 0 Å². The molecule has 0 radical (unpaired) electrons. The van der Waals surface area contributed by atoms with Crippen LogP contribution in [0, 0.1) is 0 Å². The minimum atomic E-state index is 0.136. The van der Waals surface area contributed by atoms with Crippen LogP contribution >= 0.6 is 0 Å². The van der Waals surface area contributed by atoms with Crippen molar-refractivity contribution in [2.24, 2.45) is 0 Å². The molecule has 2 fully saturated rings. The molecule has 0 spiro atoms. The van der Waals surface area contributed by atoms with Gasteiger partial charge in [-0.05, 0) is 50.3 Å². The average Bonchev–Trinajstić information content (AvgIpc) is 2.56. The molecule has 1 aromatic carbocycles. The maximum absolute atomic E-state index is 7.29. The SMILES string of the molecule is [3H]OC1CCCCC1N1CCC(c2ccccc2)CC1. The van der Waals surface area contributed by atoms with Gasteiger partial charge < -0.3 is 5.11 Å². The molecule has 1 saturated carbocycles. The molecule has 2 heteroatoms. The van der Waals surface area contributed by atoms with E-state index < -0.39 is 0 Å². The summed E-state index contributed by atoms with van der Waals surface area (Å²) in [6.07, 6.45) is 7.41. The van der Waals surface area contributed by atoms with Crippen molar-refractivity contribution in [1.82, 2.24) is 4.90 Å². The quantitative estimate of drug-likeness (QED) is 0.903. The van der Waals surface area contributed by atoms with Crippen LogP contribution in [0.25, 0.3) is 0 Å². The first-order chi connectivity index (χ1) is 9.88. The van der Waals surface area contributed by atoms with Crippen molar-refractivity contribution in [2.75, 3.05) is 13.1 Å². The third-order valence-electron chi connectivity index (χ3n) is 4.94. The van der Waals surface area contributed by atoms with E-state index in [1.807, 2.05) is 0 Å². The van der Waals surface area contributed by atoms with Crippen molar-refractivity contribution in [3.05, 3.63) is 35.9 Å². The largest absolute Gasteiger partial charge is 0.391 e. The molecule has 0 amide bonds. The van der Waals surface area contributed by atoms with E-state index in [2.05, 4.69) is 35.2 Å². The Labute approximate surface area is 117 Å². The van der Waals surface area contributed by atoms with Crippen LogP contribution < -0.4 is 0 Å². The number of rotatable bonds is 3. The molecule has 1 aliphatic carbocycles. The summed E-state index contributed by atoms with van der Waals surface area (Å²) in [6, 6.07) is 11.4. The number of aliphatic hydroxyl groups is 1. The molecule has 0 aromatic heterocycles. The van der Waals surface area contributed by atoms with Gasteiger partial charge in [0.05, 0.1) is 6.10 Å². The van der Waals surface area contributed by atoms with Gasteiger partial charge in [0.1, 0.15) is 0 Å². The third-order valence-corrected chi connectivity index (χ3v) is 4.94. The number of hydrogen-bond donors (Lipinski definition) is 1. The topological polar surface area (TPSA) is 23.5 Å². The average molecular weight is 261 g/mol. The summed E-state index contributed by atoms with van der Waals surface area (Å²) in [5, 5.41) is 4.98. The van der Waals surface area contributed by atoms with Gasteiger partial charge in [0.2, 0.25) is 1.43 Å². The Morgan fingerprint density at radius 1 is 1.00 bits per heavy atom. The van der Waals surface area contributed by atoms with Crippen LogP contribution in [0.3, 0.4) is 0 Å². The molecule has 19 heavy (non-hydrogen) atoms. The summed E-state index contributed by atoms with van der Waals surface area (Å²) >= 11 is 0. The first kappa shape index (κ1) is 11.9. The second kappa shape index (κ2) is 6.06. The van der Waals surface area contributed by atoms with Crippen molar-refractivity contribution in [3.63, 3.8) is 0 Å². The molecular weight excluding hydrogens is 234 g/mol. The van der Waals surface area contributed by atoms with Crippen LogP contribution in [0.1, 0.15) is 50.0 Å². The number of aliphatic hydroxyl groups excluding tert-OH is 1. The van der Waals surface area contributed by atoms with Gasteiger partial charge in [-0.15, -0.1) is 0 Å². The fourth-order valence-corrected chi connectivity index (χ4v) is 3.78. The summed E-state index contributed by atoms with van der Waals surface area (Å²) in [6.45, 7) is 2.31. The zero-order valence-electron chi connectivity index (χ0n) is 12.6. The highest BCUT2D eigenvalue weighted by atomic mass is 16.3. The molecule has 2 atom stereocenters. The second-order valence-corrected chi connectivity index (χ2v) is 6.11. The highest BCUT2D eigenvalue weighted by Crippen LogP contribution is 2.31. The number of hydrogen-bond acceptors (Lipinski definition) is 2. The monoisotopic (exact) mass is 261 g/mol. The molecule has 2 nitrogen and oxygen atoms in total.